The second-order valence-electron chi connectivity index (χ2n) is 6.97. The van der Waals surface area contributed by atoms with Crippen LogP contribution in [-0.4, -0.2) is 42.7 Å². The SMILES string of the molecule is CC.CC.CCC1COc2cc(-c3c(C)cccc3C)nc(n2)NSc2cccc(c2)N1.CO.[B]C. The number of aliphatic hydroxyl groups is 1. The van der Waals surface area contributed by atoms with E-state index in [-0.39, 0.29) is 6.04 Å². The van der Waals surface area contributed by atoms with Crippen LogP contribution in [0.4, 0.5) is 11.6 Å². The number of aliphatic hydroxyl groups excluding tert-OH is 1. The lowest BCUT2D eigenvalue weighted by Gasteiger charge is -2.20. The minimum absolute atomic E-state index is 0.203. The molecule has 1 aliphatic rings. The Morgan fingerprint density at radius 3 is 2.19 bits per heavy atom. The van der Waals surface area contributed by atoms with E-state index >= 15 is 0 Å². The van der Waals surface area contributed by atoms with Gasteiger partial charge in [-0.25, -0.2) is 4.98 Å². The van der Waals surface area contributed by atoms with Gasteiger partial charge < -0.3 is 15.2 Å². The van der Waals surface area contributed by atoms with Crippen LogP contribution in [0.15, 0.2) is 53.4 Å². The van der Waals surface area contributed by atoms with Crippen molar-refractivity contribution in [3.8, 4) is 17.1 Å². The zero-order chi connectivity index (χ0) is 27.5. The highest BCUT2D eigenvalue weighted by atomic mass is 32.2. The van der Waals surface area contributed by atoms with E-state index in [2.05, 4.69) is 80.0 Å². The van der Waals surface area contributed by atoms with E-state index in [1.54, 1.807) is 0 Å². The van der Waals surface area contributed by atoms with Crippen LogP contribution in [0, 0.1) is 13.8 Å². The summed E-state index contributed by atoms with van der Waals surface area (Å²) < 4.78 is 9.35. The Bertz CT molecular complexity index is 985. The normalized spacial score (nSPS) is 13.1. The van der Waals surface area contributed by atoms with Gasteiger partial charge in [0.1, 0.15) is 6.61 Å². The summed E-state index contributed by atoms with van der Waals surface area (Å²) in [5, 5.41) is 10.5. The molecule has 0 spiro atoms. The average Bonchev–Trinajstić information content (AvgIpc) is 2.94. The topological polar surface area (TPSA) is 79.3 Å². The van der Waals surface area contributed by atoms with Gasteiger partial charge in [0.25, 0.3) is 0 Å². The molecule has 1 aromatic heterocycles. The van der Waals surface area contributed by atoms with Crippen molar-refractivity contribution >= 4 is 31.4 Å². The molecule has 0 aliphatic carbocycles. The third-order valence-corrected chi connectivity index (χ3v) is 5.60. The number of nitrogens with zero attached hydrogens (tertiary/aromatic N) is 2. The first-order valence-electron chi connectivity index (χ1n) is 12.5. The molecule has 0 fully saturated rings. The van der Waals surface area contributed by atoms with Gasteiger partial charge in [-0.2, -0.15) is 4.98 Å². The molecule has 196 valence electrons. The molecule has 1 unspecified atom stereocenters. The number of nitrogens with one attached hydrogen (secondary N) is 2. The molecule has 1 aliphatic heterocycles. The number of benzene rings is 2. The Morgan fingerprint density at radius 1 is 0.972 bits per heavy atom. The molecule has 8 heteroatoms. The molecule has 1 atom stereocenters. The van der Waals surface area contributed by atoms with Crippen molar-refractivity contribution in [2.45, 2.75) is 72.6 Å². The van der Waals surface area contributed by atoms with Crippen molar-refractivity contribution in [1.82, 2.24) is 9.97 Å². The van der Waals surface area contributed by atoms with E-state index in [0.717, 1.165) is 35.4 Å². The Morgan fingerprint density at radius 2 is 1.58 bits per heavy atom. The predicted molar refractivity (Wildman–Crippen MR) is 159 cm³/mol. The third kappa shape index (κ3) is 10.1. The van der Waals surface area contributed by atoms with Gasteiger partial charge >= 0.3 is 0 Å². The van der Waals surface area contributed by atoms with E-state index in [4.69, 9.17) is 14.8 Å². The van der Waals surface area contributed by atoms with E-state index in [9.17, 15) is 0 Å². The monoisotopic (exact) mass is 510 g/mol. The minimum atomic E-state index is 0.203. The zero-order valence-corrected chi connectivity index (χ0v) is 24.2. The van der Waals surface area contributed by atoms with Crippen LogP contribution in [-0.2, 0) is 0 Å². The number of aromatic nitrogens is 2. The maximum atomic E-state index is 7.00. The molecule has 2 aromatic carbocycles. The first-order valence-corrected chi connectivity index (χ1v) is 13.3. The highest BCUT2D eigenvalue weighted by Crippen LogP contribution is 2.31. The van der Waals surface area contributed by atoms with E-state index < -0.39 is 0 Å². The lowest BCUT2D eigenvalue weighted by atomic mass is 10.00. The van der Waals surface area contributed by atoms with Gasteiger partial charge in [-0.3, -0.25) is 4.72 Å². The van der Waals surface area contributed by atoms with Crippen molar-refractivity contribution in [2.75, 3.05) is 23.8 Å². The Kier molecular flexibility index (Phi) is 18.0. The van der Waals surface area contributed by atoms with Crippen LogP contribution < -0.4 is 14.8 Å². The van der Waals surface area contributed by atoms with Gasteiger partial charge in [-0.1, -0.05) is 65.7 Å². The molecular formula is C28H43BN4O2S. The Balaban J connectivity index is 0.00000140. The number of aryl methyl sites for hydroxylation is 2. The van der Waals surface area contributed by atoms with Gasteiger partial charge in [-0.05, 0) is 61.5 Å². The first kappa shape index (κ1) is 33.3. The summed E-state index contributed by atoms with van der Waals surface area (Å²) >= 11 is 1.50. The summed E-state index contributed by atoms with van der Waals surface area (Å²) in [6.07, 6.45) is 0.956. The smallest absolute Gasteiger partial charge is 0.237 e. The van der Waals surface area contributed by atoms with Gasteiger partial charge in [-0.15, -0.1) is 0 Å². The van der Waals surface area contributed by atoms with E-state index in [1.165, 1.54) is 29.9 Å². The minimum Gasteiger partial charge on any atom is -0.475 e. The van der Waals surface area contributed by atoms with Gasteiger partial charge in [0, 0.05) is 29.3 Å². The molecule has 0 saturated heterocycles. The van der Waals surface area contributed by atoms with Crippen molar-refractivity contribution in [3.63, 3.8) is 0 Å². The quantitative estimate of drug-likeness (QED) is 0.246. The maximum Gasteiger partial charge on any atom is 0.237 e. The van der Waals surface area contributed by atoms with Crippen molar-refractivity contribution in [3.05, 3.63) is 59.7 Å². The fourth-order valence-electron chi connectivity index (χ4n) is 3.33. The number of anilines is 2. The highest BCUT2D eigenvalue weighted by Gasteiger charge is 2.15. The molecule has 6 nitrogen and oxygen atoms in total. The number of rotatable bonds is 2. The van der Waals surface area contributed by atoms with Crippen molar-refractivity contribution in [1.29, 1.82) is 0 Å². The van der Waals surface area contributed by atoms with Crippen LogP contribution >= 0.6 is 11.9 Å². The lowest BCUT2D eigenvalue weighted by Crippen LogP contribution is -2.26. The molecule has 3 N–H and O–H groups in total. The first-order chi connectivity index (χ1) is 17.6. The molecule has 0 amide bonds. The van der Waals surface area contributed by atoms with Crippen LogP contribution in [0.25, 0.3) is 11.3 Å². The fraction of sp³-hybridized carbons (Fsp3) is 0.429. The van der Waals surface area contributed by atoms with E-state index in [1.807, 2.05) is 39.8 Å². The molecule has 4 rings (SSSR count). The molecule has 4 bridgehead atoms. The van der Waals surface area contributed by atoms with Crippen molar-refractivity contribution in [2.24, 2.45) is 0 Å². The summed E-state index contributed by atoms with van der Waals surface area (Å²) in [7, 11) is 5.50. The molecule has 2 heterocycles. The van der Waals surface area contributed by atoms with Crippen LogP contribution in [0.5, 0.6) is 5.88 Å². The number of ether oxygens (including phenoxy) is 1. The molecule has 0 saturated carbocycles. The third-order valence-electron chi connectivity index (χ3n) is 4.83. The maximum absolute atomic E-state index is 7.00. The largest absolute Gasteiger partial charge is 0.475 e. The standard InChI is InChI=1S/C22H24N4OS.2C2H6.CH3B.CH4O/c1-4-16-13-27-20-12-19(21-14(2)7-5-8-15(21)3)24-22(25-20)26-28-18-10-6-9-17(11-18)23-16;4*1-2/h5-12,16,23H,4,13H2,1-3H3,(H,24,25,26);2*1-2H3;1H3;2H,1H3. The van der Waals surface area contributed by atoms with Gasteiger partial charge in [0.15, 0.2) is 0 Å². The summed E-state index contributed by atoms with van der Waals surface area (Å²) in [6, 6.07) is 16.7. The second kappa shape index (κ2) is 19.5. The van der Waals surface area contributed by atoms with Crippen LogP contribution in [0.3, 0.4) is 0 Å². The van der Waals surface area contributed by atoms with E-state index in [0.29, 0.717) is 18.4 Å². The summed E-state index contributed by atoms with van der Waals surface area (Å²) in [6.45, 7) is 16.4. The van der Waals surface area contributed by atoms with Crippen LogP contribution in [0.2, 0.25) is 6.82 Å². The highest BCUT2D eigenvalue weighted by molar-refractivity contribution is 8.00. The average molecular weight is 511 g/mol. The van der Waals surface area contributed by atoms with Crippen molar-refractivity contribution < 1.29 is 9.84 Å². The molecule has 36 heavy (non-hydrogen) atoms. The summed E-state index contributed by atoms with van der Waals surface area (Å²) in [4.78, 5) is 10.4. The molecule has 3 aromatic rings. The zero-order valence-electron chi connectivity index (χ0n) is 23.3. The van der Waals surface area contributed by atoms with Gasteiger partial charge in [0.05, 0.1) is 19.6 Å². The predicted octanol–water partition coefficient (Wildman–Crippen LogP) is 7.33. The summed E-state index contributed by atoms with van der Waals surface area (Å²) in [5.41, 5.74) is 5.46. The number of fused-ring (bicyclic) bond motifs is 4. The van der Waals surface area contributed by atoms with Crippen LogP contribution in [0.1, 0.15) is 52.2 Å². The Hall–Kier alpha value is -2.71. The second-order valence-corrected chi connectivity index (χ2v) is 7.85. The molecule has 2 radical (unpaired) electrons. The van der Waals surface area contributed by atoms with Gasteiger partial charge in [0.2, 0.25) is 11.8 Å². The fourth-order valence-corrected chi connectivity index (χ4v) is 3.96. The lowest BCUT2D eigenvalue weighted by molar-refractivity contribution is 0.283. The Labute approximate surface area is 224 Å². The molecular weight excluding hydrogens is 467 g/mol. The summed E-state index contributed by atoms with van der Waals surface area (Å²) in [5.74, 6) is 1.13. The number of hydrogen-bond acceptors (Lipinski definition) is 7. The number of hydrogen-bond donors (Lipinski definition) is 3.